The standard InChI is InChI=1S/C16H21NO4/c1-11-5-7-17(8-6-11)15(18)10-21-14-9-12(2)3-4-13(14)16(19)20/h3-4,9,11H,5-8,10H2,1-2H3,(H,19,20). The van der Waals surface area contributed by atoms with E-state index in [2.05, 4.69) is 6.92 Å². The number of amides is 1. The highest BCUT2D eigenvalue weighted by Crippen LogP contribution is 2.21. The number of aryl methyl sites for hydroxylation is 1. The maximum atomic E-state index is 12.1. The largest absolute Gasteiger partial charge is 0.483 e. The lowest BCUT2D eigenvalue weighted by Gasteiger charge is -2.30. The van der Waals surface area contributed by atoms with Gasteiger partial charge in [0.1, 0.15) is 11.3 Å². The highest BCUT2D eigenvalue weighted by atomic mass is 16.5. The molecule has 5 nitrogen and oxygen atoms in total. The third-order valence-electron chi connectivity index (χ3n) is 3.86. The fourth-order valence-corrected chi connectivity index (χ4v) is 2.41. The molecule has 1 aliphatic rings. The van der Waals surface area contributed by atoms with Crippen LogP contribution < -0.4 is 4.74 Å². The van der Waals surface area contributed by atoms with E-state index in [0.717, 1.165) is 31.5 Å². The van der Waals surface area contributed by atoms with Crippen molar-refractivity contribution in [3.8, 4) is 5.75 Å². The van der Waals surface area contributed by atoms with Gasteiger partial charge < -0.3 is 14.7 Å². The van der Waals surface area contributed by atoms with Gasteiger partial charge in [-0.1, -0.05) is 13.0 Å². The number of likely N-dealkylation sites (tertiary alicyclic amines) is 1. The predicted octanol–water partition coefficient (Wildman–Crippen LogP) is 2.33. The molecule has 0 aliphatic carbocycles. The zero-order chi connectivity index (χ0) is 15.4. The Morgan fingerprint density at radius 1 is 1.33 bits per heavy atom. The van der Waals surface area contributed by atoms with Crippen LogP contribution in [0.15, 0.2) is 18.2 Å². The molecule has 1 fully saturated rings. The minimum atomic E-state index is -1.05. The molecule has 1 amide bonds. The molecule has 1 aliphatic heterocycles. The average Bonchev–Trinajstić information content (AvgIpc) is 2.45. The van der Waals surface area contributed by atoms with Gasteiger partial charge in [0.25, 0.3) is 5.91 Å². The van der Waals surface area contributed by atoms with Crippen LogP contribution in [0.5, 0.6) is 5.75 Å². The van der Waals surface area contributed by atoms with E-state index in [9.17, 15) is 9.59 Å². The molecule has 21 heavy (non-hydrogen) atoms. The molecule has 2 rings (SSSR count). The number of carbonyl (C=O) groups excluding carboxylic acids is 1. The number of aromatic carboxylic acids is 1. The van der Waals surface area contributed by atoms with Crippen molar-refractivity contribution in [2.24, 2.45) is 5.92 Å². The first-order chi connectivity index (χ1) is 9.97. The second kappa shape index (κ2) is 6.61. The molecule has 0 bridgehead atoms. The third kappa shape index (κ3) is 3.97. The summed E-state index contributed by atoms with van der Waals surface area (Å²) in [6.07, 6.45) is 2.02. The minimum absolute atomic E-state index is 0.0836. The number of ether oxygens (including phenoxy) is 1. The van der Waals surface area contributed by atoms with Gasteiger partial charge in [0.2, 0.25) is 0 Å². The van der Waals surface area contributed by atoms with E-state index in [1.54, 1.807) is 17.0 Å². The lowest BCUT2D eigenvalue weighted by atomic mass is 9.99. The van der Waals surface area contributed by atoms with E-state index in [1.807, 2.05) is 6.92 Å². The Morgan fingerprint density at radius 2 is 2.00 bits per heavy atom. The summed E-state index contributed by atoms with van der Waals surface area (Å²) in [5.74, 6) is -0.226. The smallest absolute Gasteiger partial charge is 0.339 e. The summed E-state index contributed by atoms with van der Waals surface area (Å²) in [4.78, 5) is 25.0. The van der Waals surface area contributed by atoms with E-state index in [0.29, 0.717) is 5.92 Å². The van der Waals surface area contributed by atoms with Crippen LogP contribution in [0.25, 0.3) is 0 Å². The van der Waals surface area contributed by atoms with Crippen molar-refractivity contribution < 1.29 is 19.4 Å². The Bertz CT molecular complexity index is 533. The zero-order valence-electron chi connectivity index (χ0n) is 12.5. The van der Waals surface area contributed by atoms with Gasteiger partial charge in [0, 0.05) is 13.1 Å². The molecule has 1 saturated heterocycles. The topological polar surface area (TPSA) is 66.8 Å². The molecule has 0 aromatic heterocycles. The second-order valence-electron chi connectivity index (χ2n) is 5.66. The van der Waals surface area contributed by atoms with Crippen molar-refractivity contribution in [2.45, 2.75) is 26.7 Å². The Morgan fingerprint density at radius 3 is 2.62 bits per heavy atom. The van der Waals surface area contributed by atoms with Gasteiger partial charge in [-0.15, -0.1) is 0 Å². The van der Waals surface area contributed by atoms with Gasteiger partial charge in [-0.25, -0.2) is 4.79 Å². The van der Waals surface area contributed by atoms with Crippen molar-refractivity contribution in [3.05, 3.63) is 29.3 Å². The molecule has 1 heterocycles. The SMILES string of the molecule is Cc1ccc(C(=O)O)c(OCC(=O)N2CCC(C)CC2)c1. The minimum Gasteiger partial charge on any atom is -0.483 e. The number of piperidine rings is 1. The predicted molar refractivity (Wildman–Crippen MR) is 78.6 cm³/mol. The normalized spacial score (nSPS) is 15.8. The quantitative estimate of drug-likeness (QED) is 0.924. The van der Waals surface area contributed by atoms with Crippen molar-refractivity contribution in [1.29, 1.82) is 0 Å². The molecule has 1 N–H and O–H groups in total. The first kappa shape index (κ1) is 15.4. The van der Waals surface area contributed by atoms with Crippen molar-refractivity contribution in [1.82, 2.24) is 4.90 Å². The Balaban J connectivity index is 1.98. The van der Waals surface area contributed by atoms with Crippen molar-refractivity contribution in [2.75, 3.05) is 19.7 Å². The lowest BCUT2D eigenvalue weighted by molar-refractivity contribution is -0.134. The number of carbonyl (C=O) groups is 2. The van der Waals surface area contributed by atoms with Gasteiger partial charge in [-0.05, 0) is 43.4 Å². The number of hydrogen-bond donors (Lipinski definition) is 1. The molecule has 0 saturated carbocycles. The number of benzene rings is 1. The molecular formula is C16H21NO4. The summed E-state index contributed by atoms with van der Waals surface area (Å²) in [7, 11) is 0. The van der Waals surface area contributed by atoms with Crippen LogP contribution in [0.4, 0.5) is 0 Å². The van der Waals surface area contributed by atoms with Crippen LogP contribution >= 0.6 is 0 Å². The summed E-state index contributed by atoms with van der Waals surface area (Å²) < 4.78 is 5.45. The van der Waals surface area contributed by atoms with E-state index in [4.69, 9.17) is 9.84 Å². The number of rotatable bonds is 4. The molecule has 0 radical (unpaired) electrons. The number of nitrogens with zero attached hydrogens (tertiary/aromatic N) is 1. The van der Waals surface area contributed by atoms with Gasteiger partial charge in [-0.3, -0.25) is 4.79 Å². The summed E-state index contributed by atoms with van der Waals surface area (Å²) in [6, 6.07) is 4.86. The summed E-state index contributed by atoms with van der Waals surface area (Å²) in [5, 5.41) is 9.12. The summed E-state index contributed by atoms with van der Waals surface area (Å²) >= 11 is 0. The lowest BCUT2D eigenvalue weighted by Crippen LogP contribution is -2.40. The van der Waals surface area contributed by atoms with E-state index in [1.165, 1.54) is 6.07 Å². The fourth-order valence-electron chi connectivity index (χ4n) is 2.41. The van der Waals surface area contributed by atoms with Gasteiger partial charge in [0.15, 0.2) is 6.61 Å². The van der Waals surface area contributed by atoms with Crippen LogP contribution in [0.2, 0.25) is 0 Å². The summed E-state index contributed by atoms with van der Waals surface area (Å²) in [5.41, 5.74) is 0.981. The highest BCUT2D eigenvalue weighted by Gasteiger charge is 2.21. The Hall–Kier alpha value is -2.04. The molecule has 114 valence electrons. The Labute approximate surface area is 124 Å². The molecule has 1 aromatic carbocycles. The third-order valence-corrected chi connectivity index (χ3v) is 3.86. The highest BCUT2D eigenvalue weighted by molar-refractivity contribution is 5.91. The van der Waals surface area contributed by atoms with Gasteiger partial charge in [0.05, 0.1) is 0 Å². The number of carboxylic acid groups (broad SMARTS) is 1. The van der Waals surface area contributed by atoms with Crippen LogP contribution in [0, 0.1) is 12.8 Å². The van der Waals surface area contributed by atoms with Crippen LogP contribution in [-0.2, 0) is 4.79 Å². The van der Waals surface area contributed by atoms with Gasteiger partial charge >= 0.3 is 5.97 Å². The first-order valence-electron chi connectivity index (χ1n) is 7.22. The molecular weight excluding hydrogens is 270 g/mol. The van der Waals surface area contributed by atoms with Crippen molar-refractivity contribution >= 4 is 11.9 Å². The number of hydrogen-bond acceptors (Lipinski definition) is 3. The van der Waals surface area contributed by atoms with Crippen LogP contribution in [0.1, 0.15) is 35.7 Å². The van der Waals surface area contributed by atoms with E-state index >= 15 is 0 Å². The molecule has 1 aromatic rings. The maximum Gasteiger partial charge on any atom is 0.339 e. The average molecular weight is 291 g/mol. The fraction of sp³-hybridized carbons (Fsp3) is 0.500. The maximum absolute atomic E-state index is 12.1. The molecule has 0 spiro atoms. The second-order valence-corrected chi connectivity index (χ2v) is 5.66. The van der Waals surface area contributed by atoms with Gasteiger partial charge in [-0.2, -0.15) is 0 Å². The van der Waals surface area contributed by atoms with Crippen LogP contribution in [-0.4, -0.2) is 41.6 Å². The van der Waals surface area contributed by atoms with Crippen LogP contribution in [0.3, 0.4) is 0 Å². The monoisotopic (exact) mass is 291 g/mol. The Kier molecular flexibility index (Phi) is 4.83. The summed E-state index contributed by atoms with van der Waals surface area (Å²) in [6.45, 7) is 5.43. The zero-order valence-corrected chi connectivity index (χ0v) is 12.5. The van der Waals surface area contributed by atoms with E-state index < -0.39 is 5.97 Å². The van der Waals surface area contributed by atoms with E-state index in [-0.39, 0.29) is 23.8 Å². The number of carboxylic acids is 1. The molecule has 0 unspecified atom stereocenters. The molecule has 0 atom stereocenters. The molecule has 5 heteroatoms. The first-order valence-corrected chi connectivity index (χ1v) is 7.22. The van der Waals surface area contributed by atoms with Crippen molar-refractivity contribution in [3.63, 3.8) is 0 Å².